The molecule has 1 N–H and O–H groups in total. The normalized spacial score (nSPS) is 21.4. The van der Waals surface area contributed by atoms with Gasteiger partial charge in [-0.3, -0.25) is 9.78 Å². The van der Waals surface area contributed by atoms with Gasteiger partial charge in [0.05, 0.1) is 6.04 Å². The van der Waals surface area contributed by atoms with E-state index in [-0.39, 0.29) is 17.2 Å². The van der Waals surface area contributed by atoms with Crippen molar-refractivity contribution in [2.75, 3.05) is 0 Å². The number of nitrogens with zero attached hydrogens (tertiary/aromatic N) is 2. The quantitative estimate of drug-likeness (QED) is 0.628. The first-order valence-corrected chi connectivity index (χ1v) is 11.4. The minimum atomic E-state index is -1.86. The molecule has 4 nitrogen and oxygen atoms in total. The van der Waals surface area contributed by atoms with Crippen molar-refractivity contribution in [2.45, 2.75) is 57.5 Å². The van der Waals surface area contributed by atoms with Gasteiger partial charge in [-0.15, -0.1) is 0 Å². The number of H-pyrrole nitrogens is 1. The summed E-state index contributed by atoms with van der Waals surface area (Å²) in [5.41, 5.74) is 1.26. The van der Waals surface area contributed by atoms with Crippen molar-refractivity contribution in [1.82, 2.24) is 14.8 Å². The summed E-state index contributed by atoms with van der Waals surface area (Å²) < 4.78 is 9.27. The Kier molecular flexibility index (Phi) is 4.10. The number of benzene rings is 1. The second-order valence-electron chi connectivity index (χ2n) is 7.79. The Bertz CT molecular complexity index is 745. The van der Waals surface area contributed by atoms with Crippen molar-refractivity contribution in [3.05, 3.63) is 46.5 Å². The van der Waals surface area contributed by atoms with E-state index in [1.54, 1.807) is 0 Å². The van der Waals surface area contributed by atoms with Crippen LogP contribution in [-0.4, -0.2) is 23.1 Å². The summed E-state index contributed by atoms with van der Waals surface area (Å²) >= 11 is 5.26. The zero-order valence-corrected chi connectivity index (χ0v) is 16.3. The Labute approximate surface area is 144 Å². The summed E-state index contributed by atoms with van der Waals surface area (Å²) in [6, 6.07) is 10.7. The van der Waals surface area contributed by atoms with E-state index in [1.165, 1.54) is 5.56 Å². The van der Waals surface area contributed by atoms with E-state index < -0.39 is 8.32 Å². The van der Waals surface area contributed by atoms with Gasteiger partial charge in [0.2, 0.25) is 4.77 Å². The van der Waals surface area contributed by atoms with E-state index in [0.29, 0.717) is 4.77 Å². The molecule has 1 aliphatic rings. The Morgan fingerprint density at radius 3 is 2.52 bits per heavy atom. The maximum atomic E-state index is 6.64. The molecule has 0 fully saturated rings. The third-order valence-corrected chi connectivity index (χ3v) is 9.81. The van der Waals surface area contributed by atoms with Crippen LogP contribution in [0.4, 0.5) is 0 Å². The number of hydrogen-bond acceptors (Lipinski definition) is 3. The Morgan fingerprint density at radius 2 is 1.91 bits per heavy atom. The van der Waals surface area contributed by atoms with Crippen LogP contribution < -0.4 is 0 Å². The highest BCUT2D eigenvalue weighted by molar-refractivity contribution is 7.71. The molecule has 1 aliphatic heterocycles. The van der Waals surface area contributed by atoms with E-state index >= 15 is 0 Å². The van der Waals surface area contributed by atoms with Gasteiger partial charge in [-0.25, -0.2) is 4.98 Å². The van der Waals surface area contributed by atoms with E-state index in [1.807, 2.05) is 6.07 Å². The van der Waals surface area contributed by atoms with E-state index in [4.69, 9.17) is 16.6 Å². The van der Waals surface area contributed by atoms with E-state index in [2.05, 4.69) is 72.9 Å². The fourth-order valence-electron chi connectivity index (χ4n) is 2.82. The summed E-state index contributed by atoms with van der Waals surface area (Å²) in [4.78, 5) is 4.53. The van der Waals surface area contributed by atoms with Crippen molar-refractivity contribution in [2.24, 2.45) is 0 Å². The average molecular weight is 348 g/mol. The highest BCUT2D eigenvalue weighted by Crippen LogP contribution is 2.45. The standard InChI is InChI=1S/C17H25N3OSSi/c1-17(2,3)23(4,5)21-14-11-13(12-9-7-6-8-10-12)20-15(14)18-16(22)19-20/h6-10,13-14H,11H2,1-5H3,(H,19,22). The highest BCUT2D eigenvalue weighted by atomic mass is 32.1. The summed E-state index contributed by atoms with van der Waals surface area (Å²) in [5, 5.41) is 3.39. The topological polar surface area (TPSA) is 42.8 Å². The summed E-state index contributed by atoms with van der Waals surface area (Å²) in [7, 11) is -1.86. The number of aromatic nitrogens is 3. The lowest BCUT2D eigenvalue weighted by molar-refractivity contribution is 0.178. The maximum absolute atomic E-state index is 6.64. The lowest BCUT2D eigenvalue weighted by atomic mass is 10.0. The van der Waals surface area contributed by atoms with Gasteiger partial charge in [-0.2, -0.15) is 0 Å². The molecule has 2 heterocycles. The molecule has 2 atom stereocenters. The summed E-state index contributed by atoms with van der Waals surface area (Å²) in [6.07, 6.45) is 0.916. The lowest BCUT2D eigenvalue weighted by Gasteiger charge is -2.38. The van der Waals surface area contributed by atoms with Gasteiger partial charge < -0.3 is 4.43 Å². The van der Waals surface area contributed by atoms with Crippen molar-refractivity contribution >= 4 is 20.5 Å². The predicted molar refractivity (Wildman–Crippen MR) is 97.6 cm³/mol. The molecule has 0 bridgehead atoms. The molecule has 2 aromatic rings. The van der Waals surface area contributed by atoms with Crippen LogP contribution in [0.1, 0.15) is 50.7 Å². The van der Waals surface area contributed by atoms with Crippen molar-refractivity contribution in [3.63, 3.8) is 0 Å². The third kappa shape index (κ3) is 3.07. The summed E-state index contributed by atoms with van der Waals surface area (Å²) in [5.74, 6) is 0.939. The van der Waals surface area contributed by atoms with Gasteiger partial charge in [-0.1, -0.05) is 51.1 Å². The molecular formula is C17H25N3OSSi. The second kappa shape index (κ2) is 5.68. The fraction of sp³-hybridized carbons (Fsp3) is 0.529. The molecule has 1 aromatic heterocycles. The van der Waals surface area contributed by atoms with Crippen LogP contribution in [0.25, 0.3) is 0 Å². The molecule has 0 saturated carbocycles. The van der Waals surface area contributed by atoms with Gasteiger partial charge in [0.15, 0.2) is 14.1 Å². The molecular weight excluding hydrogens is 322 g/mol. The molecule has 2 unspecified atom stereocenters. The highest BCUT2D eigenvalue weighted by Gasteiger charge is 2.43. The van der Waals surface area contributed by atoms with Crippen LogP contribution in [0.3, 0.4) is 0 Å². The van der Waals surface area contributed by atoms with Crippen LogP contribution in [0.5, 0.6) is 0 Å². The first kappa shape index (κ1) is 16.6. The van der Waals surface area contributed by atoms with E-state index in [9.17, 15) is 0 Å². The zero-order chi connectivity index (χ0) is 16.8. The second-order valence-corrected chi connectivity index (χ2v) is 12.9. The molecule has 0 aliphatic carbocycles. The number of hydrogen-bond donors (Lipinski definition) is 1. The average Bonchev–Trinajstić information content (AvgIpc) is 2.97. The molecule has 124 valence electrons. The van der Waals surface area contributed by atoms with Gasteiger partial charge in [-0.05, 0) is 35.9 Å². The van der Waals surface area contributed by atoms with Gasteiger partial charge >= 0.3 is 0 Å². The first-order chi connectivity index (χ1) is 10.7. The van der Waals surface area contributed by atoms with Crippen LogP contribution in [-0.2, 0) is 4.43 Å². The van der Waals surface area contributed by atoms with Crippen LogP contribution in [0, 0.1) is 4.77 Å². The molecule has 0 saturated heterocycles. The van der Waals surface area contributed by atoms with Gasteiger partial charge in [0, 0.05) is 6.42 Å². The Balaban J connectivity index is 1.95. The molecule has 0 amide bonds. The SMILES string of the molecule is CC(C)(C)[Si](C)(C)OC1CC(c2ccccc2)n2[nH]c(=S)nc21. The van der Waals surface area contributed by atoms with Gasteiger partial charge in [0.25, 0.3) is 0 Å². The van der Waals surface area contributed by atoms with Crippen LogP contribution in [0.15, 0.2) is 30.3 Å². The monoisotopic (exact) mass is 347 g/mol. The van der Waals surface area contributed by atoms with E-state index in [0.717, 1.165) is 12.2 Å². The maximum Gasteiger partial charge on any atom is 0.213 e. The minimum absolute atomic E-state index is 0.00838. The Hall–Kier alpha value is -1.24. The van der Waals surface area contributed by atoms with Crippen LogP contribution in [0.2, 0.25) is 18.1 Å². The van der Waals surface area contributed by atoms with Crippen LogP contribution >= 0.6 is 12.2 Å². The number of nitrogens with one attached hydrogen (secondary N) is 1. The molecule has 6 heteroatoms. The number of aromatic amines is 1. The third-order valence-electron chi connectivity index (χ3n) is 5.14. The molecule has 3 rings (SSSR count). The molecule has 0 spiro atoms. The Morgan fingerprint density at radius 1 is 1.26 bits per heavy atom. The fourth-order valence-corrected chi connectivity index (χ4v) is 4.27. The zero-order valence-electron chi connectivity index (χ0n) is 14.5. The largest absolute Gasteiger partial charge is 0.407 e. The lowest BCUT2D eigenvalue weighted by Crippen LogP contribution is -2.41. The predicted octanol–water partition coefficient (Wildman–Crippen LogP) is 5.00. The molecule has 23 heavy (non-hydrogen) atoms. The first-order valence-electron chi connectivity index (χ1n) is 8.10. The van der Waals surface area contributed by atoms with Crippen molar-refractivity contribution in [1.29, 1.82) is 0 Å². The smallest absolute Gasteiger partial charge is 0.213 e. The molecule has 0 radical (unpaired) electrons. The number of fused-ring (bicyclic) bond motifs is 1. The summed E-state index contributed by atoms with van der Waals surface area (Å²) in [6.45, 7) is 11.4. The minimum Gasteiger partial charge on any atom is -0.407 e. The van der Waals surface area contributed by atoms with Crippen molar-refractivity contribution in [3.8, 4) is 0 Å². The number of rotatable bonds is 3. The van der Waals surface area contributed by atoms with Crippen molar-refractivity contribution < 1.29 is 4.43 Å². The molecule has 1 aromatic carbocycles. The van der Waals surface area contributed by atoms with Gasteiger partial charge in [0.1, 0.15) is 6.10 Å².